The van der Waals surface area contributed by atoms with Crippen molar-refractivity contribution >= 4 is 52.9 Å². The SMILES string of the molecule is COc1cccc(NC(=O)C(=O)NN=Cc2ccc(OC(=O)c3ccc(Cl)c(Cl)c3)c(OC)c2)c1. The molecule has 0 unspecified atom stereocenters. The number of hydrogen-bond donors (Lipinski definition) is 2. The molecule has 0 saturated heterocycles. The summed E-state index contributed by atoms with van der Waals surface area (Å²) in [6.07, 6.45) is 1.30. The van der Waals surface area contributed by atoms with E-state index in [1.807, 2.05) is 0 Å². The zero-order chi connectivity index (χ0) is 25.4. The summed E-state index contributed by atoms with van der Waals surface area (Å²) in [4.78, 5) is 36.4. The van der Waals surface area contributed by atoms with E-state index in [-0.39, 0.29) is 22.1 Å². The molecule has 0 aliphatic carbocycles. The Morgan fingerprint density at radius 3 is 2.37 bits per heavy atom. The van der Waals surface area contributed by atoms with Gasteiger partial charge in [0, 0.05) is 11.8 Å². The number of rotatable bonds is 7. The van der Waals surface area contributed by atoms with Crippen LogP contribution in [0.3, 0.4) is 0 Å². The summed E-state index contributed by atoms with van der Waals surface area (Å²) in [7, 11) is 2.89. The first-order valence-corrected chi connectivity index (χ1v) is 10.7. The van der Waals surface area contributed by atoms with Gasteiger partial charge in [0.2, 0.25) is 0 Å². The lowest BCUT2D eigenvalue weighted by molar-refractivity contribution is -0.136. The summed E-state index contributed by atoms with van der Waals surface area (Å²) in [5, 5.41) is 6.74. The molecule has 3 aromatic carbocycles. The van der Waals surface area contributed by atoms with E-state index in [9.17, 15) is 14.4 Å². The minimum atomic E-state index is -0.969. The maximum absolute atomic E-state index is 12.4. The molecular formula is C24H19Cl2N3O6. The largest absolute Gasteiger partial charge is 0.497 e. The Kier molecular flexibility index (Phi) is 8.66. The molecule has 0 aliphatic heterocycles. The Bertz CT molecular complexity index is 1300. The Morgan fingerprint density at radius 2 is 1.66 bits per heavy atom. The number of hydrogen-bond acceptors (Lipinski definition) is 7. The van der Waals surface area contributed by atoms with E-state index in [4.69, 9.17) is 37.4 Å². The molecule has 35 heavy (non-hydrogen) atoms. The summed E-state index contributed by atoms with van der Waals surface area (Å²) in [5.41, 5.74) is 3.24. The van der Waals surface area contributed by atoms with E-state index in [2.05, 4.69) is 15.8 Å². The second kappa shape index (κ2) is 11.9. The van der Waals surface area contributed by atoms with Crippen molar-refractivity contribution in [1.29, 1.82) is 0 Å². The number of amides is 2. The highest BCUT2D eigenvalue weighted by Gasteiger charge is 2.15. The van der Waals surface area contributed by atoms with E-state index >= 15 is 0 Å². The average Bonchev–Trinajstić information content (AvgIpc) is 2.86. The molecule has 0 atom stereocenters. The Labute approximate surface area is 210 Å². The monoisotopic (exact) mass is 515 g/mol. The van der Waals surface area contributed by atoms with Gasteiger partial charge >= 0.3 is 17.8 Å². The van der Waals surface area contributed by atoms with Gasteiger partial charge in [-0.05, 0) is 54.1 Å². The number of methoxy groups -OCH3 is 2. The maximum Gasteiger partial charge on any atom is 0.343 e. The quantitative estimate of drug-likeness (QED) is 0.159. The van der Waals surface area contributed by atoms with Gasteiger partial charge in [0.15, 0.2) is 11.5 Å². The number of esters is 1. The Balaban J connectivity index is 1.61. The first-order chi connectivity index (χ1) is 16.8. The molecule has 2 N–H and O–H groups in total. The van der Waals surface area contributed by atoms with Crippen molar-refractivity contribution in [3.8, 4) is 17.2 Å². The Morgan fingerprint density at radius 1 is 0.857 bits per heavy atom. The standard InChI is InChI=1S/C24H19Cl2N3O6/c1-33-17-5-3-4-16(12-17)28-22(30)23(31)29-27-13-14-6-9-20(21(10-14)34-2)35-24(32)15-7-8-18(25)19(26)11-15/h3-13H,1-2H3,(H,28,30)(H,29,31). The smallest absolute Gasteiger partial charge is 0.343 e. The van der Waals surface area contributed by atoms with E-state index in [0.29, 0.717) is 22.0 Å². The van der Waals surface area contributed by atoms with Crippen molar-refractivity contribution in [2.24, 2.45) is 5.10 Å². The zero-order valence-electron chi connectivity index (χ0n) is 18.5. The highest BCUT2D eigenvalue weighted by molar-refractivity contribution is 6.42. The molecule has 0 spiro atoms. The predicted molar refractivity (Wildman–Crippen MR) is 132 cm³/mol. The number of anilines is 1. The molecule has 9 nitrogen and oxygen atoms in total. The summed E-state index contributed by atoms with van der Waals surface area (Å²) in [6.45, 7) is 0. The van der Waals surface area contributed by atoms with Crippen LogP contribution < -0.4 is 25.0 Å². The van der Waals surface area contributed by atoms with Crippen LogP contribution in [-0.4, -0.2) is 38.2 Å². The van der Waals surface area contributed by atoms with Gasteiger partial charge in [-0.2, -0.15) is 5.10 Å². The summed E-state index contributed by atoms with van der Waals surface area (Å²) in [6, 6.07) is 15.5. The van der Waals surface area contributed by atoms with Crippen LogP contribution in [0.1, 0.15) is 15.9 Å². The number of halogens is 2. The fourth-order valence-electron chi connectivity index (χ4n) is 2.74. The zero-order valence-corrected chi connectivity index (χ0v) is 20.0. The van der Waals surface area contributed by atoms with Gasteiger partial charge in [0.05, 0.1) is 36.0 Å². The minimum absolute atomic E-state index is 0.155. The van der Waals surface area contributed by atoms with Gasteiger partial charge in [0.1, 0.15) is 5.75 Å². The molecule has 3 aromatic rings. The third kappa shape index (κ3) is 6.95. The van der Waals surface area contributed by atoms with Crippen molar-refractivity contribution in [3.05, 3.63) is 81.8 Å². The van der Waals surface area contributed by atoms with Crippen molar-refractivity contribution < 1.29 is 28.6 Å². The number of carbonyl (C=O) groups excluding carboxylic acids is 3. The fourth-order valence-corrected chi connectivity index (χ4v) is 3.03. The van der Waals surface area contributed by atoms with Gasteiger partial charge in [-0.1, -0.05) is 29.3 Å². The van der Waals surface area contributed by atoms with Crippen LogP contribution in [0.25, 0.3) is 0 Å². The normalized spacial score (nSPS) is 10.5. The first kappa shape index (κ1) is 25.5. The lowest BCUT2D eigenvalue weighted by Crippen LogP contribution is -2.32. The lowest BCUT2D eigenvalue weighted by atomic mass is 10.2. The van der Waals surface area contributed by atoms with Crippen molar-refractivity contribution in [2.75, 3.05) is 19.5 Å². The molecule has 3 rings (SSSR count). The van der Waals surface area contributed by atoms with Gasteiger partial charge in [-0.25, -0.2) is 10.2 Å². The van der Waals surface area contributed by atoms with Gasteiger partial charge in [-0.3, -0.25) is 9.59 Å². The predicted octanol–water partition coefficient (Wildman–Crippen LogP) is 4.32. The molecule has 180 valence electrons. The summed E-state index contributed by atoms with van der Waals surface area (Å²) >= 11 is 11.8. The van der Waals surface area contributed by atoms with Crippen LogP contribution in [0.15, 0.2) is 65.8 Å². The van der Waals surface area contributed by atoms with Crippen molar-refractivity contribution in [3.63, 3.8) is 0 Å². The average molecular weight is 516 g/mol. The molecule has 0 aromatic heterocycles. The van der Waals surface area contributed by atoms with Crippen LogP contribution in [0, 0.1) is 0 Å². The molecule has 0 fully saturated rings. The van der Waals surface area contributed by atoms with E-state index in [1.54, 1.807) is 30.3 Å². The second-order valence-electron chi connectivity index (χ2n) is 6.81. The van der Waals surface area contributed by atoms with E-state index in [0.717, 1.165) is 0 Å². The molecule has 0 saturated carbocycles. The van der Waals surface area contributed by atoms with Crippen LogP contribution in [0.2, 0.25) is 10.0 Å². The minimum Gasteiger partial charge on any atom is -0.497 e. The van der Waals surface area contributed by atoms with Gasteiger partial charge in [-0.15, -0.1) is 0 Å². The molecule has 0 aliphatic rings. The van der Waals surface area contributed by atoms with Crippen LogP contribution >= 0.6 is 23.2 Å². The van der Waals surface area contributed by atoms with Crippen LogP contribution in [0.5, 0.6) is 17.2 Å². The molecule has 0 radical (unpaired) electrons. The fraction of sp³-hybridized carbons (Fsp3) is 0.0833. The number of hydrazone groups is 1. The summed E-state index contributed by atoms with van der Waals surface area (Å²) < 4.78 is 15.7. The number of benzene rings is 3. The van der Waals surface area contributed by atoms with E-state index in [1.165, 1.54) is 50.8 Å². The maximum atomic E-state index is 12.4. The third-order valence-corrected chi connectivity index (χ3v) is 5.20. The van der Waals surface area contributed by atoms with E-state index < -0.39 is 17.8 Å². The molecule has 0 heterocycles. The van der Waals surface area contributed by atoms with Crippen LogP contribution in [-0.2, 0) is 9.59 Å². The highest BCUT2D eigenvalue weighted by Crippen LogP contribution is 2.29. The number of carbonyl (C=O) groups is 3. The first-order valence-electron chi connectivity index (χ1n) is 9.94. The van der Waals surface area contributed by atoms with Crippen molar-refractivity contribution in [2.45, 2.75) is 0 Å². The summed E-state index contributed by atoms with van der Waals surface area (Å²) in [5.74, 6) is -1.61. The molecular weight excluding hydrogens is 497 g/mol. The molecule has 2 amide bonds. The lowest BCUT2D eigenvalue weighted by Gasteiger charge is -2.10. The van der Waals surface area contributed by atoms with Gasteiger partial charge in [0.25, 0.3) is 0 Å². The number of nitrogens with one attached hydrogen (secondary N) is 2. The van der Waals surface area contributed by atoms with Crippen LogP contribution in [0.4, 0.5) is 5.69 Å². The highest BCUT2D eigenvalue weighted by atomic mass is 35.5. The topological polar surface area (TPSA) is 115 Å². The Hall–Kier alpha value is -4.08. The number of nitrogens with zero attached hydrogens (tertiary/aromatic N) is 1. The van der Waals surface area contributed by atoms with Gasteiger partial charge < -0.3 is 19.5 Å². The second-order valence-corrected chi connectivity index (χ2v) is 7.63. The van der Waals surface area contributed by atoms with Crippen molar-refractivity contribution in [1.82, 2.24) is 5.43 Å². The molecule has 0 bridgehead atoms. The number of ether oxygens (including phenoxy) is 3. The third-order valence-electron chi connectivity index (χ3n) is 4.46. The molecule has 11 heteroatoms.